The predicted molar refractivity (Wildman–Crippen MR) is 262 cm³/mol. The van der Waals surface area contributed by atoms with E-state index in [2.05, 4.69) is 53.5 Å². The Bertz CT molecular complexity index is 1860. The van der Waals surface area contributed by atoms with Gasteiger partial charge >= 0.3 is 33.3 Å². The molecule has 0 aromatic carbocycles. The first-order valence-corrected chi connectivity index (χ1v) is 27.6. The van der Waals surface area contributed by atoms with E-state index in [0.29, 0.717) is 19.3 Å². The lowest BCUT2D eigenvalue weighted by atomic mass is 10.0. The summed E-state index contributed by atoms with van der Waals surface area (Å²) in [5, 5.41) is 29.7. The van der Waals surface area contributed by atoms with E-state index in [-0.39, 0.29) is 25.3 Å². The lowest BCUT2D eigenvalue weighted by Crippen LogP contribution is -2.36. The number of hydrogen-bond acceptors (Lipinski definition) is 16. The maximum absolute atomic E-state index is 12.8. The summed E-state index contributed by atoms with van der Waals surface area (Å²) in [5.74, 6) is -0.633. The number of nitrogen functional groups attached to an aromatic ring is 1. The highest BCUT2D eigenvalue weighted by Gasteiger charge is 2.46. The van der Waals surface area contributed by atoms with Gasteiger partial charge in [0.2, 0.25) is 0 Å². The summed E-state index contributed by atoms with van der Waals surface area (Å²) in [6.07, 6.45) is 29.5. The average Bonchev–Trinajstić information content (AvgIpc) is 3.57. The molecule has 1 aromatic heterocycles. The van der Waals surface area contributed by atoms with Crippen LogP contribution < -0.4 is 11.4 Å². The maximum atomic E-state index is 12.8. The Hall–Kier alpha value is -3.32. The van der Waals surface area contributed by atoms with E-state index >= 15 is 0 Å². The number of allylic oxidation sites excluding steroid dienone is 8. The van der Waals surface area contributed by atoms with Gasteiger partial charge in [-0.25, -0.2) is 13.9 Å². The van der Waals surface area contributed by atoms with Crippen LogP contribution in [-0.2, 0) is 46.3 Å². The number of nitrogens with zero attached hydrogens (tertiary/aromatic N) is 2. The van der Waals surface area contributed by atoms with Crippen LogP contribution in [0.15, 0.2) is 65.7 Å². The van der Waals surface area contributed by atoms with Crippen molar-refractivity contribution < 1.29 is 71.4 Å². The van der Waals surface area contributed by atoms with E-state index in [1.54, 1.807) is 0 Å². The predicted octanol–water partition coefficient (Wildman–Crippen LogP) is 8.61. The molecular formula is C48H81N3O16P2. The van der Waals surface area contributed by atoms with Gasteiger partial charge in [0, 0.05) is 25.6 Å². The molecule has 0 spiro atoms. The molecule has 1 fully saturated rings. The third-order valence-corrected chi connectivity index (χ3v) is 13.5. The molecule has 21 heteroatoms. The monoisotopic (exact) mass is 1020 g/mol. The second kappa shape index (κ2) is 36.6. The SMILES string of the molecule is CC(C)CCCCCCCCCCCCC(=O)OC[C@H](COP(=O)(O)OP(=O)(O)OC[C@H]1O[C@@H](n2ccc(N)nc2=O)[C@H](O)[C@@H]1O)OC(=O)CCC/C=C\C/C=C\C/C=C\C/C=C\CCCCCO. The standard InChI is InChI=1S/C48H81N3O16P2/c1-39(2)30-26-22-18-14-11-12-15-19-23-27-31-43(53)62-36-40(65-44(54)32-28-24-20-16-10-8-6-4-3-5-7-9-13-17-21-25-29-35-52)37-63-68(58,59)67-69(60,61)64-38-41-45(55)46(56)47(66-41)51-34-33-42(49)50-48(51)57/h3,5-6,8-9,13,16,20,33-34,39-41,45-47,52,55-56H,4,7,10-12,14-15,17-19,21-32,35-38H2,1-2H3,(H,58,59)(H,60,61)(H2,49,50,57)/b5-3-,8-6-,13-9-,20-16-/t40-,41-,45-,46-,47-/m1/s1. The van der Waals surface area contributed by atoms with Crippen molar-refractivity contribution in [2.45, 2.75) is 186 Å². The summed E-state index contributed by atoms with van der Waals surface area (Å²) >= 11 is 0. The van der Waals surface area contributed by atoms with Gasteiger partial charge in [0.15, 0.2) is 12.3 Å². The van der Waals surface area contributed by atoms with Crippen molar-refractivity contribution in [3.63, 3.8) is 0 Å². The first kappa shape index (κ1) is 61.8. The van der Waals surface area contributed by atoms with E-state index in [4.69, 9.17) is 34.1 Å². The average molecular weight is 1020 g/mol. The topological polar surface area (TPSA) is 286 Å². The van der Waals surface area contributed by atoms with Crippen LogP contribution in [0.3, 0.4) is 0 Å². The highest BCUT2D eigenvalue weighted by molar-refractivity contribution is 7.61. The Balaban J connectivity index is 1.84. The van der Waals surface area contributed by atoms with Gasteiger partial charge in [-0.05, 0) is 69.8 Å². The minimum atomic E-state index is -5.44. The normalized spacial score (nSPS) is 19.8. The van der Waals surface area contributed by atoms with Crippen molar-refractivity contribution in [1.29, 1.82) is 0 Å². The van der Waals surface area contributed by atoms with Crippen molar-refractivity contribution in [1.82, 2.24) is 9.55 Å². The highest BCUT2D eigenvalue weighted by atomic mass is 31.3. The molecule has 19 nitrogen and oxygen atoms in total. The van der Waals surface area contributed by atoms with E-state index in [1.165, 1.54) is 44.6 Å². The van der Waals surface area contributed by atoms with Crippen molar-refractivity contribution >= 4 is 33.4 Å². The molecule has 0 aliphatic carbocycles. The van der Waals surface area contributed by atoms with E-state index < -0.39 is 83.7 Å². The van der Waals surface area contributed by atoms with Crippen LogP contribution >= 0.6 is 15.6 Å². The second-order valence-corrected chi connectivity index (χ2v) is 20.6. The number of esters is 2. The van der Waals surface area contributed by atoms with Crippen molar-refractivity contribution in [3.05, 3.63) is 71.4 Å². The summed E-state index contributed by atoms with van der Waals surface area (Å²) in [6, 6.07) is 1.24. The molecule has 1 aromatic rings. The Morgan fingerprint density at radius 3 is 1.87 bits per heavy atom. The van der Waals surface area contributed by atoms with Crippen LogP contribution in [0.4, 0.5) is 5.82 Å². The van der Waals surface area contributed by atoms with Crippen LogP contribution in [-0.4, -0.2) is 97.4 Å². The Labute approximate surface area is 408 Å². The zero-order valence-corrected chi connectivity index (χ0v) is 42.5. The third-order valence-electron chi connectivity index (χ3n) is 10.9. The van der Waals surface area contributed by atoms with Gasteiger partial charge in [-0.3, -0.25) is 23.2 Å². The van der Waals surface area contributed by atoms with E-state index in [1.807, 2.05) is 18.2 Å². The summed E-state index contributed by atoms with van der Waals surface area (Å²) in [5.41, 5.74) is 4.58. The van der Waals surface area contributed by atoms with Gasteiger partial charge in [0.25, 0.3) is 0 Å². The van der Waals surface area contributed by atoms with Crippen LogP contribution in [0.25, 0.3) is 0 Å². The fourth-order valence-corrected chi connectivity index (χ4v) is 9.17. The summed E-state index contributed by atoms with van der Waals surface area (Å²) in [6.45, 7) is 2.37. The number of unbranched alkanes of at least 4 members (excludes halogenated alkanes) is 13. The number of ether oxygens (including phenoxy) is 3. The maximum Gasteiger partial charge on any atom is 0.481 e. The second-order valence-electron chi connectivity index (χ2n) is 17.5. The Morgan fingerprint density at radius 2 is 1.28 bits per heavy atom. The zero-order chi connectivity index (χ0) is 50.8. The molecule has 2 rings (SSSR count). The highest BCUT2D eigenvalue weighted by Crippen LogP contribution is 2.60. The number of phosphoric acid groups is 2. The lowest BCUT2D eigenvalue weighted by Gasteiger charge is -2.21. The number of anilines is 1. The molecule has 1 aliphatic heterocycles. The number of phosphoric ester groups is 2. The molecule has 2 heterocycles. The number of rotatable bonds is 40. The molecule has 0 radical (unpaired) electrons. The van der Waals surface area contributed by atoms with Gasteiger partial charge in [-0.15, -0.1) is 0 Å². The number of nitrogens with two attached hydrogens (primary N) is 1. The minimum absolute atomic E-state index is 0.0360. The zero-order valence-electron chi connectivity index (χ0n) is 40.7. The minimum Gasteiger partial charge on any atom is -0.462 e. The molecule has 394 valence electrons. The van der Waals surface area contributed by atoms with Gasteiger partial charge in [-0.1, -0.05) is 133 Å². The molecule has 0 bridgehead atoms. The number of aromatic nitrogens is 2. The largest absolute Gasteiger partial charge is 0.481 e. The fraction of sp³-hybridized carbons (Fsp3) is 0.708. The smallest absolute Gasteiger partial charge is 0.462 e. The molecule has 2 unspecified atom stereocenters. The van der Waals surface area contributed by atoms with Crippen LogP contribution in [0.5, 0.6) is 0 Å². The first-order valence-electron chi connectivity index (χ1n) is 24.6. The molecule has 7 N–H and O–H groups in total. The molecule has 1 aliphatic rings. The van der Waals surface area contributed by atoms with Crippen LogP contribution in [0.1, 0.15) is 161 Å². The lowest BCUT2D eigenvalue weighted by molar-refractivity contribution is -0.161. The number of aliphatic hydroxyl groups is 3. The molecule has 7 atom stereocenters. The number of carbonyl (C=O) groups is 2. The summed E-state index contributed by atoms with van der Waals surface area (Å²) < 4.78 is 56.6. The van der Waals surface area contributed by atoms with Gasteiger partial charge in [0.1, 0.15) is 30.7 Å². The molecule has 1 saturated heterocycles. The van der Waals surface area contributed by atoms with Crippen molar-refractivity contribution in [2.24, 2.45) is 5.92 Å². The summed E-state index contributed by atoms with van der Waals surface area (Å²) in [7, 11) is -10.9. The van der Waals surface area contributed by atoms with Gasteiger partial charge in [-0.2, -0.15) is 9.29 Å². The van der Waals surface area contributed by atoms with Crippen molar-refractivity contribution in [3.8, 4) is 0 Å². The Morgan fingerprint density at radius 1 is 0.739 bits per heavy atom. The fourth-order valence-electron chi connectivity index (χ4n) is 7.06. The van der Waals surface area contributed by atoms with Gasteiger partial charge in [0.05, 0.1) is 13.2 Å². The molecule has 0 amide bonds. The molecule has 69 heavy (non-hydrogen) atoms. The Kier molecular flexibility index (Phi) is 32.8. The van der Waals surface area contributed by atoms with Crippen LogP contribution in [0.2, 0.25) is 0 Å². The summed E-state index contributed by atoms with van der Waals surface area (Å²) in [4.78, 5) is 61.8. The van der Waals surface area contributed by atoms with E-state index in [9.17, 15) is 43.5 Å². The van der Waals surface area contributed by atoms with Gasteiger partial charge < -0.3 is 45.1 Å². The number of aliphatic hydroxyl groups excluding tert-OH is 3. The number of hydrogen-bond donors (Lipinski definition) is 6. The quantitative estimate of drug-likeness (QED) is 0.0155. The third kappa shape index (κ3) is 30.2. The first-order chi connectivity index (χ1) is 33.0. The number of carbonyl (C=O) groups excluding carboxylic acids is 2. The molecular weight excluding hydrogens is 936 g/mol. The molecule has 0 saturated carbocycles. The van der Waals surface area contributed by atoms with Crippen molar-refractivity contribution in [2.75, 3.05) is 32.2 Å². The van der Waals surface area contributed by atoms with E-state index in [0.717, 1.165) is 87.3 Å². The van der Waals surface area contributed by atoms with Crippen LogP contribution in [0, 0.1) is 5.92 Å².